The molecule has 1 rings (SSSR count). The molecule has 0 bridgehead atoms. The van der Waals surface area contributed by atoms with Crippen LogP contribution in [0.1, 0.15) is 0 Å². The van der Waals surface area contributed by atoms with Gasteiger partial charge in [-0.05, 0) is 0 Å². The molecule has 7 nitrogen and oxygen atoms in total. The Balaban J connectivity index is 3.11. The second kappa shape index (κ2) is 4.45. The van der Waals surface area contributed by atoms with Crippen molar-refractivity contribution in [2.24, 2.45) is 0 Å². The van der Waals surface area contributed by atoms with Gasteiger partial charge in [0.05, 0.1) is 20.3 Å². The second-order valence-electron chi connectivity index (χ2n) is 2.59. The van der Waals surface area contributed by atoms with Gasteiger partial charge in [-0.1, -0.05) is 0 Å². The van der Waals surface area contributed by atoms with Gasteiger partial charge in [0.15, 0.2) is 0 Å². The number of nitrogens with zero attached hydrogens (tertiary/aromatic N) is 3. The summed E-state index contributed by atoms with van der Waals surface area (Å²) in [5.41, 5.74) is 0. The summed E-state index contributed by atoms with van der Waals surface area (Å²) in [5.74, 6) is 0.480. The predicted octanol–water partition coefficient (Wildman–Crippen LogP) is 0.608. The maximum Gasteiger partial charge on any atom is 0.413 e. The van der Waals surface area contributed by atoms with Gasteiger partial charge < -0.3 is 14.6 Å². The van der Waals surface area contributed by atoms with Crippen molar-refractivity contribution in [3.05, 3.63) is 6.07 Å². The molecule has 1 amide bonds. The van der Waals surface area contributed by atoms with E-state index in [1.165, 1.54) is 27.3 Å². The first-order valence-electron chi connectivity index (χ1n) is 4.02. The molecular formula is C8H11N3O4. The first-order chi connectivity index (χ1) is 7.08. The number of carbonyl (C=O) groups is 1. The van der Waals surface area contributed by atoms with Gasteiger partial charge in [0.2, 0.25) is 17.7 Å². The Bertz CT molecular complexity index is 347. The van der Waals surface area contributed by atoms with Crippen LogP contribution in [-0.2, 0) is 0 Å². The molecule has 0 unspecified atom stereocenters. The van der Waals surface area contributed by atoms with Gasteiger partial charge in [0.1, 0.15) is 0 Å². The molecule has 82 valence electrons. The summed E-state index contributed by atoms with van der Waals surface area (Å²) in [6, 6.07) is 1.46. The first kappa shape index (κ1) is 11.0. The van der Waals surface area contributed by atoms with E-state index in [2.05, 4.69) is 9.97 Å². The van der Waals surface area contributed by atoms with Crippen LogP contribution in [0.25, 0.3) is 0 Å². The summed E-state index contributed by atoms with van der Waals surface area (Å²) in [4.78, 5) is 19.2. The summed E-state index contributed by atoms with van der Waals surface area (Å²) in [5, 5.41) is 8.73. The highest BCUT2D eigenvalue weighted by Crippen LogP contribution is 2.19. The van der Waals surface area contributed by atoms with E-state index in [1.54, 1.807) is 0 Å². The van der Waals surface area contributed by atoms with E-state index in [9.17, 15) is 4.79 Å². The molecule has 0 saturated heterocycles. The largest absolute Gasteiger partial charge is 0.481 e. The molecule has 0 fully saturated rings. The zero-order valence-electron chi connectivity index (χ0n) is 8.59. The van der Waals surface area contributed by atoms with Crippen LogP contribution < -0.4 is 14.4 Å². The lowest BCUT2D eigenvalue weighted by Crippen LogP contribution is -2.26. The molecule has 1 N–H and O–H groups in total. The molecule has 0 aliphatic carbocycles. The average Bonchev–Trinajstić information content (AvgIpc) is 2.27. The smallest absolute Gasteiger partial charge is 0.413 e. The molecule has 0 atom stereocenters. The Hall–Kier alpha value is -2.05. The number of ether oxygens (including phenoxy) is 2. The fraction of sp³-hybridized carbons (Fsp3) is 0.375. The van der Waals surface area contributed by atoms with Crippen molar-refractivity contribution in [3.8, 4) is 11.8 Å². The fourth-order valence-corrected chi connectivity index (χ4v) is 0.837. The zero-order valence-corrected chi connectivity index (χ0v) is 8.59. The lowest BCUT2D eigenvalue weighted by Gasteiger charge is -2.12. The van der Waals surface area contributed by atoms with Crippen LogP contribution >= 0.6 is 0 Å². The van der Waals surface area contributed by atoms with Gasteiger partial charge in [-0.2, -0.15) is 9.97 Å². The van der Waals surface area contributed by atoms with Gasteiger partial charge >= 0.3 is 6.09 Å². The molecule has 1 heterocycles. The van der Waals surface area contributed by atoms with Crippen LogP contribution in [-0.4, -0.2) is 42.4 Å². The first-order valence-corrected chi connectivity index (χ1v) is 4.02. The number of aromatic nitrogens is 2. The van der Waals surface area contributed by atoms with Gasteiger partial charge in [0, 0.05) is 7.05 Å². The van der Waals surface area contributed by atoms with E-state index in [4.69, 9.17) is 14.6 Å². The second-order valence-corrected chi connectivity index (χ2v) is 2.59. The summed E-state index contributed by atoms with van der Waals surface area (Å²) < 4.78 is 9.75. The molecule has 15 heavy (non-hydrogen) atoms. The number of amides is 1. The summed E-state index contributed by atoms with van der Waals surface area (Å²) in [6.45, 7) is 0. The van der Waals surface area contributed by atoms with Gasteiger partial charge in [-0.25, -0.2) is 9.69 Å². The number of anilines is 1. The molecule has 0 saturated carbocycles. The van der Waals surface area contributed by atoms with E-state index in [1.807, 2.05) is 0 Å². The third-order valence-electron chi connectivity index (χ3n) is 1.67. The number of methoxy groups -OCH3 is 2. The molecule has 1 aromatic rings. The summed E-state index contributed by atoms with van der Waals surface area (Å²) in [6.07, 6.45) is -1.16. The van der Waals surface area contributed by atoms with E-state index in [0.717, 1.165) is 4.90 Å². The summed E-state index contributed by atoms with van der Waals surface area (Å²) in [7, 11) is 4.18. The minimum atomic E-state index is -1.16. The molecule has 0 spiro atoms. The molecule has 1 aromatic heterocycles. The van der Waals surface area contributed by atoms with Crippen LogP contribution in [0, 0.1) is 0 Å². The maximum absolute atomic E-state index is 10.7. The minimum Gasteiger partial charge on any atom is -0.481 e. The van der Waals surface area contributed by atoms with Crippen molar-refractivity contribution >= 4 is 12.0 Å². The van der Waals surface area contributed by atoms with Crippen LogP contribution in [0.3, 0.4) is 0 Å². The van der Waals surface area contributed by atoms with Gasteiger partial charge in [-0.15, -0.1) is 0 Å². The standard InChI is InChI=1S/C8H11N3O4/c1-11(8(12)13)7-9-5(14-2)4-6(10-7)15-3/h4H,1-3H3,(H,12,13). The molecular weight excluding hydrogens is 202 g/mol. The number of carboxylic acid groups (broad SMARTS) is 1. The van der Waals surface area contributed by atoms with Gasteiger partial charge in [-0.3, -0.25) is 0 Å². The Morgan fingerprint density at radius 2 is 1.80 bits per heavy atom. The quantitative estimate of drug-likeness (QED) is 0.791. The Morgan fingerprint density at radius 1 is 1.33 bits per heavy atom. The van der Waals surface area contributed by atoms with E-state index >= 15 is 0 Å². The number of hydrogen-bond acceptors (Lipinski definition) is 5. The monoisotopic (exact) mass is 213 g/mol. The molecule has 7 heteroatoms. The minimum absolute atomic E-state index is 0.00120. The van der Waals surface area contributed by atoms with Crippen molar-refractivity contribution in [2.75, 3.05) is 26.2 Å². The highest BCUT2D eigenvalue weighted by Gasteiger charge is 2.14. The van der Waals surface area contributed by atoms with Crippen LogP contribution in [0.4, 0.5) is 10.7 Å². The molecule has 0 radical (unpaired) electrons. The molecule has 0 aliphatic rings. The Morgan fingerprint density at radius 3 is 2.13 bits per heavy atom. The van der Waals surface area contributed by atoms with Crippen molar-refractivity contribution in [2.45, 2.75) is 0 Å². The highest BCUT2D eigenvalue weighted by molar-refractivity contribution is 5.82. The van der Waals surface area contributed by atoms with Crippen molar-refractivity contribution < 1.29 is 19.4 Å². The SMILES string of the molecule is COc1cc(OC)nc(N(C)C(=O)O)n1. The molecule has 0 aliphatic heterocycles. The fourth-order valence-electron chi connectivity index (χ4n) is 0.837. The number of rotatable bonds is 3. The maximum atomic E-state index is 10.7. The Labute approximate surface area is 86.3 Å². The summed E-state index contributed by atoms with van der Waals surface area (Å²) >= 11 is 0. The van der Waals surface area contributed by atoms with Crippen LogP contribution in [0.15, 0.2) is 6.07 Å². The Kier molecular flexibility index (Phi) is 3.27. The molecule has 0 aromatic carbocycles. The zero-order chi connectivity index (χ0) is 11.4. The highest BCUT2D eigenvalue weighted by atomic mass is 16.5. The average molecular weight is 213 g/mol. The van der Waals surface area contributed by atoms with E-state index in [0.29, 0.717) is 0 Å². The van der Waals surface area contributed by atoms with Crippen molar-refractivity contribution in [3.63, 3.8) is 0 Å². The third-order valence-corrected chi connectivity index (χ3v) is 1.67. The van der Waals surface area contributed by atoms with Crippen molar-refractivity contribution in [1.29, 1.82) is 0 Å². The lowest BCUT2D eigenvalue weighted by atomic mass is 10.6. The van der Waals surface area contributed by atoms with E-state index < -0.39 is 6.09 Å². The number of hydrogen-bond donors (Lipinski definition) is 1. The van der Waals surface area contributed by atoms with Crippen LogP contribution in [0.5, 0.6) is 11.8 Å². The predicted molar refractivity (Wildman–Crippen MR) is 51.6 cm³/mol. The van der Waals surface area contributed by atoms with Crippen molar-refractivity contribution in [1.82, 2.24) is 9.97 Å². The van der Waals surface area contributed by atoms with E-state index in [-0.39, 0.29) is 17.7 Å². The normalized spacial score (nSPS) is 9.53. The third kappa shape index (κ3) is 2.46. The van der Waals surface area contributed by atoms with Crippen LogP contribution in [0.2, 0.25) is 0 Å². The topological polar surface area (TPSA) is 84.8 Å². The lowest BCUT2D eigenvalue weighted by molar-refractivity contribution is 0.203. The van der Waals surface area contributed by atoms with Gasteiger partial charge in [0.25, 0.3) is 0 Å².